The van der Waals surface area contributed by atoms with Crippen LogP contribution in [0.3, 0.4) is 0 Å². The van der Waals surface area contributed by atoms with Crippen LogP contribution in [0.5, 0.6) is 0 Å². The first-order valence-electron chi connectivity index (χ1n) is 7.19. The first-order valence-corrected chi connectivity index (χ1v) is 7.19. The molecule has 7 heteroatoms. The molecule has 0 spiro atoms. The van der Waals surface area contributed by atoms with Crippen molar-refractivity contribution in [2.75, 3.05) is 11.9 Å². The molecule has 2 atom stereocenters. The van der Waals surface area contributed by atoms with Crippen molar-refractivity contribution in [2.45, 2.75) is 31.7 Å². The Morgan fingerprint density at radius 3 is 3.00 bits per heavy atom. The number of benzene rings is 1. The van der Waals surface area contributed by atoms with E-state index in [1.807, 2.05) is 0 Å². The normalized spacial score (nSPS) is 22.3. The van der Waals surface area contributed by atoms with Gasteiger partial charge in [-0.2, -0.15) is 4.98 Å². The molecule has 1 heterocycles. The van der Waals surface area contributed by atoms with Crippen molar-refractivity contribution in [3.8, 4) is 0 Å². The number of hydrogen-bond acceptors (Lipinski definition) is 6. The smallest absolute Gasteiger partial charge is 0.295 e. The van der Waals surface area contributed by atoms with Gasteiger partial charge in [-0.05, 0) is 31.4 Å². The van der Waals surface area contributed by atoms with Gasteiger partial charge >= 0.3 is 0 Å². The number of fused-ring (bicyclic) bond motifs is 1. The highest BCUT2D eigenvalue weighted by Crippen LogP contribution is 2.28. The summed E-state index contributed by atoms with van der Waals surface area (Å²) in [5.41, 5.74) is 6.86. The molecule has 112 valence electrons. The van der Waals surface area contributed by atoms with Crippen molar-refractivity contribution in [1.29, 1.82) is 0 Å². The number of nitro benzene ring substituents is 1. The van der Waals surface area contributed by atoms with E-state index >= 15 is 0 Å². The molecule has 1 aliphatic carbocycles. The lowest BCUT2D eigenvalue weighted by molar-refractivity contribution is -0.384. The average molecular weight is 290 g/mol. The summed E-state index contributed by atoms with van der Waals surface area (Å²) in [7, 11) is 0. The van der Waals surface area contributed by atoms with Gasteiger partial charge in [0, 0.05) is 18.2 Å². The lowest BCUT2D eigenvalue weighted by atomic mass is 9.85. The van der Waals surface area contributed by atoms with E-state index in [0.717, 1.165) is 12.8 Å². The molecule has 0 amide bonds. The van der Waals surface area contributed by atoms with E-state index in [9.17, 15) is 10.1 Å². The standard InChI is InChI=1S/C14H18N4O3/c15-8-9-3-1-2-4-11(9)16-14-17-12-7-10(18(19)20)5-6-13(12)21-14/h5-7,9,11H,1-4,8,15H2,(H,16,17). The van der Waals surface area contributed by atoms with Gasteiger partial charge in [0.05, 0.1) is 4.92 Å². The Balaban J connectivity index is 1.82. The number of oxazole rings is 1. The molecule has 1 aromatic heterocycles. The quantitative estimate of drug-likeness (QED) is 0.662. The van der Waals surface area contributed by atoms with Crippen LogP contribution in [0.1, 0.15) is 25.7 Å². The third-order valence-corrected chi connectivity index (χ3v) is 4.10. The number of nitrogens with zero attached hydrogens (tertiary/aromatic N) is 2. The molecule has 1 fully saturated rings. The van der Waals surface area contributed by atoms with E-state index in [1.54, 1.807) is 6.07 Å². The van der Waals surface area contributed by atoms with E-state index in [-0.39, 0.29) is 11.7 Å². The minimum atomic E-state index is -0.438. The van der Waals surface area contributed by atoms with Gasteiger partial charge in [0.15, 0.2) is 5.58 Å². The third kappa shape index (κ3) is 2.82. The second-order valence-corrected chi connectivity index (χ2v) is 5.46. The van der Waals surface area contributed by atoms with Crippen molar-refractivity contribution in [1.82, 2.24) is 4.98 Å². The van der Waals surface area contributed by atoms with E-state index in [0.29, 0.717) is 29.6 Å². The number of rotatable bonds is 4. The number of hydrogen-bond donors (Lipinski definition) is 2. The van der Waals surface area contributed by atoms with Gasteiger partial charge in [0.25, 0.3) is 11.7 Å². The second kappa shape index (κ2) is 5.69. The maximum Gasteiger partial charge on any atom is 0.295 e. The molecule has 0 bridgehead atoms. The zero-order valence-electron chi connectivity index (χ0n) is 11.6. The fraction of sp³-hybridized carbons (Fsp3) is 0.500. The van der Waals surface area contributed by atoms with Crippen LogP contribution < -0.4 is 11.1 Å². The number of aromatic nitrogens is 1. The summed E-state index contributed by atoms with van der Waals surface area (Å²) in [6, 6.07) is 5.08. The fourth-order valence-corrected chi connectivity index (χ4v) is 2.93. The fourth-order valence-electron chi connectivity index (χ4n) is 2.93. The average Bonchev–Trinajstić information content (AvgIpc) is 2.89. The largest absolute Gasteiger partial charge is 0.424 e. The van der Waals surface area contributed by atoms with Crippen LogP contribution in [0, 0.1) is 16.0 Å². The second-order valence-electron chi connectivity index (χ2n) is 5.46. The van der Waals surface area contributed by atoms with Crippen molar-refractivity contribution >= 4 is 22.8 Å². The van der Waals surface area contributed by atoms with Crippen LogP contribution in [0.2, 0.25) is 0 Å². The Kier molecular flexibility index (Phi) is 3.74. The highest BCUT2D eigenvalue weighted by molar-refractivity contribution is 5.77. The zero-order chi connectivity index (χ0) is 14.8. The molecule has 0 aliphatic heterocycles. The van der Waals surface area contributed by atoms with E-state index < -0.39 is 4.92 Å². The van der Waals surface area contributed by atoms with Gasteiger partial charge in [0.2, 0.25) is 0 Å². The molecule has 1 aliphatic rings. The SMILES string of the molecule is NCC1CCCCC1Nc1nc2cc([N+](=O)[O-])ccc2o1. The summed E-state index contributed by atoms with van der Waals surface area (Å²) < 4.78 is 5.61. The van der Waals surface area contributed by atoms with Crippen LogP contribution in [0.25, 0.3) is 11.1 Å². The molecule has 2 aromatic rings. The van der Waals surface area contributed by atoms with E-state index in [4.69, 9.17) is 10.2 Å². The van der Waals surface area contributed by atoms with Crippen molar-refractivity contribution in [3.05, 3.63) is 28.3 Å². The first-order chi connectivity index (χ1) is 10.2. The molecular formula is C14H18N4O3. The highest BCUT2D eigenvalue weighted by atomic mass is 16.6. The lowest BCUT2D eigenvalue weighted by Crippen LogP contribution is -2.36. The Morgan fingerprint density at radius 1 is 1.43 bits per heavy atom. The van der Waals surface area contributed by atoms with Gasteiger partial charge < -0.3 is 15.5 Å². The third-order valence-electron chi connectivity index (χ3n) is 4.10. The minimum Gasteiger partial charge on any atom is -0.424 e. The van der Waals surface area contributed by atoms with Gasteiger partial charge in [-0.1, -0.05) is 12.8 Å². The Morgan fingerprint density at radius 2 is 2.24 bits per heavy atom. The molecule has 0 radical (unpaired) electrons. The molecule has 3 rings (SSSR count). The topological polar surface area (TPSA) is 107 Å². The molecule has 7 nitrogen and oxygen atoms in total. The van der Waals surface area contributed by atoms with Crippen LogP contribution in [-0.4, -0.2) is 22.5 Å². The summed E-state index contributed by atoms with van der Waals surface area (Å²) in [4.78, 5) is 14.6. The van der Waals surface area contributed by atoms with Crippen molar-refractivity contribution in [3.63, 3.8) is 0 Å². The maximum absolute atomic E-state index is 10.8. The number of nitrogens with one attached hydrogen (secondary N) is 1. The first kappa shape index (κ1) is 13.8. The van der Waals surface area contributed by atoms with Crippen LogP contribution in [0.15, 0.2) is 22.6 Å². The molecule has 1 aromatic carbocycles. The lowest BCUT2D eigenvalue weighted by Gasteiger charge is -2.30. The van der Waals surface area contributed by atoms with Crippen molar-refractivity contribution < 1.29 is 9.34 Å². The van der Waals surface area contributed by atoms with Crippen molar-refractivity contribution in [2.24, 2.45) is 11.7 Å². The zero-order valence-corrected chi connectivity index (χ0v) is 11.6. The summed E-state index contributed by atoms with van der Waals surface area (Å²) >= 11 is 0. The molecule has 1 saturated carbocycles. The summed E-state index contributed by atoms with van der Waals surface area (Å²) in [5, 5.41) is 14.1. The monoisotopic (exact) mass is 290 g/mol. The summed E-state index contributed by atoms with van der Waals surface area (Å²) in [6.07, 6.45) is 4.53. The van der Waals surface area contributed by atoms with Gasteiger partial charge in [0.1, 0.15) is 5.52 Å². The predicted molar refractivity (Wildman–Crippen MR) is 79.1 cm³/mol. The molecule has 3 N–H and O–H groups in total. The Hall–Kier alpha value is -2.15. The Bertz CT molecular complexity index is 655. The maximum atomic E-state index is 10.8. The van der Waals surface area contributed by atoms with E-state index in [2.05, 4.69) is 10.3 Å². The van der Waals surface area contributed by atoms with Crippen LogP contribution >= 0.6 is 0 Å². The van der Waals surface area contributed by atoms with Crippen LogP contribution in [0.4, 0.5) is 11.7 Å². The number of non-ortho nitro benzene ring substituents is 1. The molecular weight excluding hydrogens is 272 g/mol. The highest BCUT2D eigenvalue weighted by Gasteiger charge is 2.25. The summed E-state index contributed by atoms with van der Waals surface area (Å²) in [6.45, 7) is 0.642. The van der Waals surface area contributed by atoms with E-state index in [1.165, 1.54) is 25.0 Å². The number of nitro groups is 1. The number of nitrogens with two attached hydrogens (primary N) is 1. The number of anilines is 1. The van der Waals surface area contributed by atoms with Gasteiger partial charge in [-0.15, -0.1) is 0 Å². The minimum absolute atomic E-state index is 0.0138. The van der Waals surface area contributed by atoms with Gasteiger partial charge in [-0.25, -0.2) is 0 Å². The molecule has 2 unspecified atom stereocenters. The Labute approximate surface area is 121 Å². The summed E-state index contributed by atoms with van der Waals surface area (Å²) in [5.74, 6) is 0.420. The van der Waals surface area contributed by atoms with Crippen LogP contribution in [-0.2, 0) is 0 Å². The van der Waals surface area contributed by atoms with Gasteiger partial charge in [-0.3, -0.25) is 10.1 Å². The predicted octanol–water partition coefficient (Wildman–Crippen LogP) is 2.67. The molecule has 21 heavy (non-hydrogen) atoms. The molecule has 0 saturated heterocycles.